The van der Waals surface area contributed by atoms with Gasteiger partial charge < -0.3 is 9.47 Å². The fourth-order valence-corrected chi connectivity index (χ4v) is 1.25. The molecule has 1 fully saturated rings. The summed E-state index contributed by atoms with van der Waals surface area (Å²) in [5, 5.41) is 0. The Morgan fingerprint density at radius 2 is 1.93 bits per heavy atom. The molecule has 2 amide bonds. The summed E-state index contributed by atoms with van der Waals surface area (Å²) >= 11 is 0. The Morgan fingerprint density at radius 3 is 2.43 bits per heavy atom. The second-order valence-electron chi connectivity index (χ2n) is 3.11. The minimum Gasteiger partial charge on any atom is -0.356 e. The molecule has 80 valence electrons. The lowest BCUT2D eigenvalue weighted by Gasteiger charge is -2.15. The van der Waals surface area contributed by atoms with Crippen LogP contribution in [0.4, 0.5) is 0 Å². The van der Waals surface area contributed by atoms with Gasteiger partial charge in [0, 0.05) is 20.0 Å². The van der Waals surface area contributed by atoms with E-state index in [1.807, 2.05) is 0 Å². The highest BCUT2D eigenvalue weighted by Crippen LogP contribution is 2.10. The van der Waals surface area contributed by atoms with Gasteiger partial charge in [-0.3, -0.25) is 14.5 Å². The number of carbonyl (C=O) groups excluding carboxylic acids is 2. The summed E-state index contributed by atoms with van der Waals surface area (Å²) in [5.41, 5.74) is 0. The van der Waals surface area contributed by atoms with Crippen LogP contribution in [0.2, 0.25) is 0 Å². The van der Waals surface area contributed by atoms with Crippen LogP contribution in [0.15, 0.2) is 0 Å². The normalized spacial score (nSPS) is 19.1. The number of ether oxygens (including phenoxy) is 2. The van der Waals surface area contributed by atoms with Gasteiger partial charge in [-0.1, -0.05) is 0 Å². The lowest BCUT2D eigenvalue weighted by Crippen LogP contribution is -2.33. The van der Waals surface area contributed by atoms with Crippen LogP contribution in [-0.4, -0.2) is 43.3 Å². The number of hydrogen-bond acceptors (Lipinski definition) is 4. The van der Waals surface area contributed by atoms with Gasteiger partial charge in [-0.2, -0.15) is 0 Å². The molecular formula is C9H15NO4. The first-order valence-electron chi connectivity index (χ1n) is 4.62. The third-order valence-corrected chi connectivity index (χ3v) is 2.15. The molecule has 0 radical (unpaired) electrons. The van der Waals surface area contributed by atoms with Gasteiger partial charge in [0.2, 0.25) is 11.8 Å². The number of nitrogens with zero attached hydrogens (tertiary/aromatic N) is 1. The van der Waals surface area contributed by atoms with Crippen LogP contribution >= 0.6 is 0 Å². The monoisotopic (exact) mass is 201 g/mol. The molecule has 0 spiro atoms. The quantitative estimate of drug-likeness (QED) is 0.469. The van der Waals surface area contributed by atoms with Gasteiger partial charge in [0.1, 0.15) is 0 Å². The van der Waals surface area contributed by atoms with Crippen molar-refractivity contribution in [2.45, 2.75) is 26.1 Å². The summed E-state index contributed by atoms with van der Waals surface area (Å²) in [5.74, 6) is -0.215. The second-order valence-corrected chi connectivity index (χ2v) is 3.11. The first-order valence-corrected chi connectivity index (χ1v) is 4.62. The maximum Gasteiger partial charge on any atom is 0.229 e. The van der Waals surface area contributed by atoms with Crippen molar-refractivity contribution in [3.05, 3.63) is 0 Å². The Kier molecular flexibility index (Phi) is 4.03. The van der Waals surface area contributed by atoms with E-state index in [1.54, 1.807) is 6.92 Å². The van der Waals surface area contributed by atoms with E-state index in [0.29, 0.717) is 26.0 Å². The van der Waals surface area contributed by atoms with E-state index >= 15 is 0 Å². The lowest BCUT2D eigenvalue weighted by molar-refractivity contribution is -0.143. The summed E-state index contributed by atoms with van der Waals surface area (Å²) in [6.45, 7) is 2.41. The van der Waals surface area contributed by atoms with Crippen LogP contribution in [0, 0.1) is 0 Å². The van der Waals surface area contributed by atoms with Crippen LogP contribution in [0.1, 0.15) is 19.8 Å². The predicted molar refractivity (Wildman–Crippen MR) is 48.4 cm³/mol. The van der Waals surface area contributed by atoms with Crippen molar-refractivity contribution in [1.29, 1.82) is 0 Å². The Hall–Kier alpha value is -0.940. The highest BCUT2D eigenvalue weighted by molar-refractivity contribution is 6.01. The fourth-order valence-electron chi connectivity index (χ4n) is 1.25. The molecule has 1 saturated heterocycles. The first kappa shape index (κ1) is 11.1. The van der Waals surface area contributed by atoms with Gasteiger partial charge in [-0.25, -0.2) is 0 Å². The molecule has 1 aliphatic heterocycles. The SMILES string of the molecule is COC(C)OCCN1C(=O)CCC1=O. The van der Waals surface area contributed by atoms with Gasteiger partial charge >= 0.3 is 0 Å². The van der Waals surface area contributed by atoms with E-state index < -0.39 is 0 Å². The maximum absolute atomic E-state index is 11.1. The molecule has 5 heteroatoms. The zero-order chi connectivity index (χ0) is 10.6. The summed E-state index contributed by atoms with van der Waals surface area (Å²) in [6.07, 6.45) is 0.361. The van der Waals surface area contributed by atoms with Gasteiger partial charge in [0.25, 0.3) is 0 Å². The third-order valence-electron chi connectivity index (χ3n) is 2.15. The molecule has 14 heavy (non-hydrogen) atoms. The molecule has 1 rings (SSSR count). The van der Waals surface area contributed by atoms with Crippen LogP contribution in [0.25, 0.3) is 0 Å². The lowest BCUT2D eigenvalue weighted by atomic mass is 10.4. The van der Waals surface area contributed by atoms with Gasteiger partial charge in [-0.05, 0) is 6.92 Å². The molecule has 5 nitrogen and oxygen atoms in total. The molecule has 0 N–H and O–H groups in total. The Morgan fingerprint density at radius 1 is 1.36 bits per heavy atom. The topological polar surface area (TPSA) is 55.8 Å². The molecule has 1 atom stereocenters. The molecule has 1 unspecified atom stereocenters. The van der Waals surface area contributed by atoms with Crippen molar-refractivity contribution in [2.75, 3.05) is 20.3 Å². The summed E-state index contributed by atoms with van der Waals surface area (Å²) in [6, 6.07) is 0. The van der Waals surface area contributed by atoms with E-state index in [2.05, 4.69) is 0 Å². The molecule has 0 saturated carbocycles. The van der Waals surface area contributed by atoms with E-state index in [0.717, 1.165) is 0 Å². The highest BCUT2D eigenvalue weighted by Gasteiger charge is 2.28. The maximum atomic E-state index is 11.1. The second kappa shape index (κ2) is 5.07. The summed E-state index contributed by atoms with van der Waals surface area (Å²) < 4.78 is 10.0. The Bertz CT molecular complexity index is 213. The highest BCUT2D eigenvalue weighted by atomic mass is 16.7. The molecule has 0 bridgehead atoms. The zero-order valence-electron chi connectivity index (χ0n) is 8.49. The number of imide groups is 1. The van der Waals surface area contributed by atoms with Crippen LogP contribution in [0.3, 0.4) is 0 Å². The Balaban J connectivity index is 2.24. The van der Waals surface area contributed by atoms with Crippen molar-refractivity contribution in [1.82, 2.24) is 4.90 Å². The number of likely N-dealkylation sites (tertiary alicyclic amines) is 1. The summed E-state index contributed by atoms with van der Waals surface area (Å²) in [7, 11) is 1.54. The van der Waals surface area contributed by atoms with Crippen molar-refractivity contribution in [2.24, 2.45) is 0 Å². The van der Waals surface area contributed by atoms with Gasteiger partial charge in [0.05, 0.1) is 13.2 Å². The molecule has 1 heterocycles. The minimum absolute atomic E-state index is 0.108. The molecule has 0 aromatic rings. The van der Waals surface area contributed by atoms with E-state index in [1.165, 1.54) is 12.0 Å². The number of methoxy groups -OCH3 is 1. The van der Waals surface area contributed by atoms with Crippen LogP contribution < -0.4 is 0 Å². The van der Waals surface area contributed by atoms with E-state index in [4.69, 9.17) is 9.47 Å². The third kappa shape index (κ3) is 2.78. The van der Waals surface area contributed by atoms with Crippen molar-refractivity contribution >= 4 is 11.8 Å². The number of amides is 2. The largest absolute Gasteiger partial charge is 0.356 e. The summed E-state index contributed by atoms with van der Waals surface area (Å²) in [4.78, 5) is 23.5. The number of rotatable bonds is 5. The average molecular weight is 201 g/mol. The number of carbonyl (C=O) groups is 2. The molecule has 1 aliphatic rings. The van der Waals surface area contributed by atoms with Crippen molar-refractivity contribution in [3.63, 3.8) is 0 Å². The molecule has 0 aliphatic carbocycles. The van der Waals surface area contributed by atoms with Crippen molar-refractivity contribution < 1.29 is 19.1 Å². The predicted octanol–water partition coefficient (Wildman–Crippen LogP) is 0.144. The standard InChI is InChI=1S/C9H15NO4/c1-7(13-2)14-6-5-10-8(11)3-4-9(10)12/h7H,3-6H2,1-2H3. The number of hydrogen-bond donors (Lipinski definition) is 0. The average Bonchev–Trinajstić information content (AvgIpc) is 2.48. The first-order chi connectivity index (χ1) is 6.65. The molecule has 0 aromatic heterocycles. The van der Waals surface area contributed by atoms with Crippen LogP contribution in [-0.2, 0) is 19.1 Å². The van der Waals surface area contributed by atoms with Gasteiger partial charge in [-0.15, -0.1) is 0 Å². The van der Waals surface area contributed by atoms with E-state index in [9.17, 15) is 9.59 Å². The van der Waals surface area contributed by atoms with Crippen LogP contribution in [0.5, 0.6) is 0 Å². The molecule has 0 aromatic carbocycles. The zero-order valence-corrected chi connectivity index (χ0v) is 8.49. The van der Waals surface area contributed by atoms with Gasteiger partial charge in [0.15, 0.2) is 6.29 Å². The van der Waals surface area contributed by atoms with Crippen molar-refractivity contribution in [3.8, 4) is 0 Å². The minimum atomic E-state index is -0.303. The van der Waals surface area contributed by atoms with E-state index in [-0.39, 0.29) is 18.1 Å². The fraction of sp³-hybridized carbons (Fsp3) is 0.778. The smallest absolute Gasteiger partial charge is 0.229 e. The Labute approximate surface area is 83.0 Å². The molecular weight excluding hydrogens is 186 g/mol.